The quantitative estimate of drug-likeness (QED) is 0.730. The minimum atomic E-state index is -0.303. The molecule has 3 N–H and O–H groups in total. The molecular formula is C20H22FN5O. The molecule has 1 aliphatic rings. The lowest BCUT2D eigenvalue weighted by molar-refractivity contribution is 0.222. The summed E-state index contributed by atoms with van der Waals surface area (Å²) in [6, 6.07) is 10.3. The van der Waals surface area contributed by atoms with Gasteiger partial charge in [-0.15, -0.1) is 0 Å². The van der Waals surface area contributed by atoms with Crippen molar-refractivity contribution >= 4 is 22.8 Å². The topological polar surface area (TPSA) is 76.2 Å². The number of nitrogens with one attached hydrogen (secondary N) is 1. The second-order valence-corrected chi connectivity index (χ2v) is 7.08. The SMILES string of the molecule is Cc1cc(-c2nc3cc(F)ccc3n2C)ccc1NC(=O)N1CC[C@H](N)C1. The fourth-order valence-corrected chi connectivity index (χ4v) is 3.54. The molecule has 1 atom stereocenters. The fraction of sp³-hybridized carbons (Fsp3) is 0.300. The van der Waals surface area contributed by atoms with Crippen molar-refractivity contribution in [2.24, 2.45) is 12.8 Å². The maximum Gasteiger partial charge on any atom is 0.321 e. The second-order valence-electron chi connectivity index (χ2n) is 7.08. The number of urea groups is 1. The van der Waals surface area contributed by atoms with Crippen molar-refractivity contribution in [3.63, 3.8) is 0 Å². The first-order chi connectivity index (χ1) is 12.9. The lowest BCUT2D eigenvalue weighted by Crippen LogP contribution is -2.35. The van der Waals surface area contributed by atoms with Crippen LogP contribution in [-0.4, -0.2) is 39.6 Å². The van der Waals surface area contributed by atoms with Gasteiger partial charge in [-0.1, -0.05) is 0 Å². The second kappa shape index (κ2) is 6.66. The Morgan fingerprint density at radius 2 is 2.11 bits per heavy atom. The summed E-state index contributed by atoms with van der Waals surface area (Å²) in [6.07, 6.45) is 0.832. The van der Waals surface area contributed by atoms with E-state index in [1.807, 2.05) is 36.7 Å². The van der Waals surface area contributed by atoms with Crippen LogP contribution in [0.4, 0.5) is 14.9 Å². The normalized spacial score (nSPS) is 16.9. The number of fused-ring (bicyclic) bond motifs is 1. The van der Waals surface area contributed by atoms with Gasteiger partial charge in [0, 0.05) is 43.5 Å². The van der Waals surface area contributed by atoms with Crippen LogP contribution in [0.1, 0.15) is 12.0 Å². The Labute approximate surface area is 156 Å². The molecule has 0 unspecified atom stereocenters. The number of nitrogens with two attached hydrogens (primary N) is 1. The first-order valence-corrected chi connectivity index (χ1v) is 8.97. The first kappa shape index (κ1) is 17.5. The summed E-state index contributed by atoms with van der Waals surface area (Å²) in [5.74, 6) is 0.449. The molecule has 2 heterocycles. The van der Waals surface area contributed by atoms with Crippen LogP contribution in [0.2, 0.25) is 0 Å². The van der Waals surface area contributed by atoms with E-state index in [1.54, 1.807) is 11.0 Å². The van der Waals surface area contributed by atoms with Crippen LogP contribution in [0.15, 0.2) is 36.4 Å². The molecule has 7 heteroatoms. The number of hydrogen-bond acceptors (Lipinski definition) is 3. The summed E-state index contributed by atoms with van der Waals surface area (Å²) in [5, 5.41) is 2.95. The van der Waals surface area contributed by atoms with E-state index in [0.717, 1.165) is 34.6 Å². The highest BCUT2D eigenvalue weighted by Crippen LogP contribution is 2.27. The average Bonchev–Trinajstić information content (AvgIpc) is 3.20. The molecular weight excluding hydrogens is 345 g/mol. The number of carbonyl (C=O) groups excluding carboxylic acids is 1. The Morgan fingerprint density at radius 3 is 2.81 bits per heavy atom. The van der Waals surface area contributed by atoms with E-state index in [1.165, 1.54) is 12.1 Å². The van der Waals surface area contributed by atoms with Crippen LogP contribution < -0.4 is 11.1 Å². The fourth-order valence-electron chi connectivity index (χ4n) is 3.54. The predicted octanol–water partition coefficient (Wildman–Crippen LogP) is 3.25. The van der Waals surface area contributed by atoms with Gasteiger partial charge in [0.05, 0.1) is 11.0 Å². The lowest BCUT2D eigenvalue weighted by atomic mass is 10.1. The Morgan fingerprint density at radius 1 is 1.30 bits per heavy atom. The maximum absolute atomic E-state index is 13.5. The summed E-state index contributed by atoms with van der Waals surface area (Å²) >= 11 is 0. The highest BCUT2D eigenvalue weighted by molar-refractivity contribution is 5.91. The molecule has 1 fully saturated rings. The lowest BCUT2D eigenvalue weighted by Gasteiger charge is -2.18. The molecule has 0 aliphatic carbocycles. The summed E-state index contributed by atoms with van der Waals surface area (Å²) in [6.45, 7) is 3.21. The first-order valence-electron chi connectivity index (χ1n) is 8.97. The zero-order valence-corrected chi connectivity index (χ0v) is 15.4. The van der Waals surface area contributed by atoms with Gasteiger partial charge in [0.25, 0.3) is 0 Å². The third-order valence-electron chi connectivity index (χ3n) is 5.08. The van der Waals surface area contributed by atoms with E-state index in [2.05, 4.69) is 10.3 Å². The number of rotatable bonds is 2. The van der Waals surface area contributed by atoms with Crippen molar-refractivity contribution in [2.45, 2.75) is 19.4 Å². The molecule has 2 aromatic carbocycles. The molecule has 1 saturated heterocycles. The summed E-state index contributed by atoms with van der Waals surface area (Å²) in [4.78, 5) is 18.7. The van der Waals surface area contributed by atoms with E-state index in [9.17, 15) is 9.18 Å². The van der Waals surface area contributed by atoms with Gasteiger partial charge >= 0.3 is 6.03 Å². The number of halogens is 1. The summed E-state index contributed by atoms with van der Waals surface area (Å²) in [5.41, 5.74) is 9.96. The minimum Gasteiger partial charge on any atom is -0.327 e. The van der Waals surface area contributed by atoms with Gasteiger partial charge < -0.3 is 20.5 Å². The van der Waals surface area contributed by atoms with E-state index in [0.29, 0.717) is 18.6 Å². The number of benzene rings is 2. The Balaban J connectivity index is 1.60. The van der Waals surface area contributed by atoms with Gasteiger partial charge in [-0.25, -0.2) is 14.2 Å². The summed E-state index contributed by atoms with van der Waals surface area (Å²) in [7, 11) is 1.91. The molecule has 0 spiro atoms. The molecule has 27 heavy (non-hydrogen) atoms. The number of likely N-dealkylation sites (tertiary alicyclic amines) is 1. The average molecular weight is 367 g/mol. The molecule has 1 aliphatic heterocycles. The van der Waals surface area contributed by atoms with Crippen molar-refractivity contribution < 1.29 is 9.18 Å². The number of aromatic nitrogens is 2. The third-order valence-corrected chi connectivity index (χ3v) is 5.08. The van der Waals surface area contributed by atoms with Crippen molar-refractivity contribution in [1.82, 2.24) is 14.5 Å². The molecule has 0 radical (unpaired) electrons. The number of carbonyl (C=O) groups is 1. The van der Waals surface area contributed by atoms with Gasteiger partial charge in [0.15, 0.2) is 0 Å². The smallest absolute Gasteiger partial charge is 0.321 e. The monoisotopic (exact) mass is 367 g/mol. The Hall–Kier alpha value is -2.93. The van der Waals surface area contributed by atoms with Crippen molar-refractivity contribution in [3.05, 3.63) is 47.8 Å². The van der Waals surface area contributed by atoms with Crippen LogP contribution in [0.3, 0.4) is 0 Å². The van der Waals surface area contributed by atoms with Crippen LogP contribution in [0.5, 0.6) is 0 Å². The molecule has 0 bridgehead atoms. The Kier molecular flexibility index (Phi) is 4.31. The van der Waals surface area contributed by atoms with Gasteiger partial charge in [-0.3, -0.25) is 0 Å². The van der Waals surface area contributed by atoms with E-state index >= 15 is 0 Å². The van der Waals surface area contributed by atoms with E-state index in [4.69, 9.17) is 5.73 Å². The standard InChI is InChI=1S/C20H22FN5O/c1-12-9-13(19-23-17-10-14(21)4-6-18(17)25(19)2)3-5-16(12)24-20(27)26-8-7-15(22)11-26/h3-6,9-10,15H,7-8,11,22H2,1-2H3,(H,24,27)/t15-/m0/s1. The van der Waals surface area contributed by atoms with E-state index in [-0.39, 0.29) is 17.9 Å². The van der Waals surface area contributed by atoms with Crippen molar-refractivity contribution in [2.75, 3.05) is 18.4 Å². The Bertz CT molecular complexity index is 1030. The van der Waals surface area contributed by atoms with Gasteiger partial charge in [-0.05, 0) is 49.2 Å². The maximum atomic E-state index is 13.5. The third kappa shape index (κ3) is 3.26. The highest BCUT2D eigenvalue weighted by Gasteiger charge is 2.24. The molecule has 6 nitrogen and oxygen atoms in total. The van der Waals surface area contributed by atoms with Crippen LogP contribution in [-0.2, 0) is 7.05 Å². The number of amides is 2. The highest BCUT2D eigenvalue weighted by atomic mass is 19.1. The molecule has 3 aromatic rings. The van der Waals surface area contributed by atoms with Gasteiger partial charge in [-0.2, -0.15) is 0 Å². The molecule has 2 amide bonds. The van der Waals surface area contributed by atoms with Crippen LogP contribution >= 0.6 is 0 Å². The van der Waals surface area contributed by atoms with Crippen molar-refractivity contribution in [3.8, 4) is 11.4 Å². The van der Waals surface area contributed by atoms with Crippen molar-refractivity contribution in [1.29, 1.82) is 0 Å². The molecule has 0 saturated carbocycles. The zero-order valence-electron chi connectivity index (χ0n) is 15.4. The van der Waals surface area contributed by atoms with Crippen LogP contribution in [0, 0.1) is 12.7 Å². The van der Waals surface area contributed by atoms with Crippen LogP contribution in [0.25, 0.3) is 22.4 Å². The predicted molar refractivity (Wildman–Crippen MR) is 104 cm³/mol. The summed E-state index contributed by atoms with van der Waals surface area (Å²) < 4.78 is 15.4. The number of hydrogen-bond donors (Lipinski definition) is 2. The number of anilines is 1. The number of aryl methyl sites for hydroxylation is 2. The minimum absolute atomic E-state index is 0.0570. The zero-order chi connectivity index (χ0) is 19.1. The van der Waals surface area contributed by atoms with Gasteiger partial charge in [0.1, 0.15) is 11.6 Å². The molecule has 1 aromatic heterocycles. The van der Waals surface area contributed by atoms with E-state index < -0.39 is 0 Å². The number of nitrogens with zero attached hydrogens (tertiary/aromatic N) is 3. The van der Waals surface area contributed by atoms with Gasteiger partial charge in [0.2, 0.25) is 0 Å². The number of imidazole rings is 1. The largest absolute Gasteiger partial charge is 0.327 e. The molecule has 140 valence electrons. The molecule has 4 rings (SSSR count).